The van der Waals surface area contributed by atoms with E-state index in [9.17, 15) is 4.39 Å². The van der Waals surface area contributed by atoms with Crippen LogP contribution in [0.1, 0.15) is 24.8 Å². The van der Waals surface area contributed by atoms with E-state index in [4.69, 9.17) is 9.47 Å². The van der Waals surface area contributed by atoms with Crippen molar-refractivity contribution < 1.29 is 13.9 Å². The number of halogens is 1. The van der Waals surface area contributed by atoms with Gasteiger partial charge in [-0.05, 0) is 37.0 Å². The smallest absolute Gasteiger partial charge is 0.191 e. The summed E-state index contributed by atoms with van der Waals surface area (Å²) in [6, 6.07) is 5.15. The Hall–Kier alpha value is -2.45. The standard InChI is InChI=1S/C20H28FN5O2/c1-22-20(24-7-3-10-27-14-17-4-2-11-28-17)25-13-16-5-6-19(18(21)12-16)26-9-8-23-15-26/h5-6,8-9,12,15,17H,2-4,7,10-11,13-14H2,1H3,(H2,22,24,25). The third kappa shape index (κ3) is 6.03. The molecule has 1 aliphatic heterocycles. The minimum Gasteiger partial charge on any atom is -0.379 e. The summed E-state index contributed by atoms with van der Waals surface area (Å²) in [7, 11) is 1.71. The number of nitrogens with one attached hydrogen (secondary N) is 2. The Morgan fingerprint density at radius 3 is 3.07 bits per heavy atom. The summed E-state index contributed by atoms with van der Waals surface area (Å²) < 4.78 is 27.1. The SMILES string of the molecule is CN=C(NCCCOCC1CCCO1)NCc1ccc(-n2ccnc2)c(F)c1. The van der Waals surface area contributed by atoms with Crippen molar-refractivity contribution in [1.29, 1.82) is 0 Å². The Morgan fingerprint density at radius 2 is 2.36 bits per heavy atom. The van der Waals surface area contributed by atoms with Gasteiger partial charge >= 0.3 is 0 Å². The highest BCUT2D eigenvalue weighted by molar-refractivity contribution is 5.79. The molecule has 0 radical (unpaired) electrons. The second kappa shape index (κ2) is 10.8. The molecule has 2 heterocycles. The molecule has 0 amide bonds. The Morgan fingerprint density at radius 1 is 1.43 bits per heavy atom. The van der Waals surface area contributed by atoms with Crippen molar-refractivity contribution in [2.24, 2.45) is 4.99 Å². The maximum Gasteiger partial charge on any atom is 0.191 e. The number of imidazole rings is 1. The molecule has 0 saturated carbocycles. The van der Waals surface area contributed by atoms with E-state index in [-0.39, 0.29) is 11.9 Å². The highest BCUT2D eigenvalue weighted by Gasteiger charge is 2.14. The van der Waals surface area contributed by atoms with Crippen molar-refractivity contribution in [3.05, 3.63) is 48.3 Å². The van der Waals surface area contributed by atoms with Crippen LogP contribution in [-0.4, -0.2) is 55.0 Å². The Labute approximate surface area is 165 Å². The zero-order valence-corrected chi connectivity index (χ0v) is 16.2. The number of ether oxygens (including phenoxy) is 2. The summed E-state index contributed by atoms with van der Waals surface area (Å²) in [5.41, 5.74) is 1.32. The third-order valence-corrected chi connectivity index (χ3v) is 4.56. The Kier molecular flexibility index (Phi) is 7.81. The lowest BCUT2D eigenvalue weighted by Crippen LogP contribution is -2.37. The number of benzene rings is 1. The molecule has 1 atom stereocenters. The molecule has 8 heteroatoms. The summed E-state index contributed by atoms with van der Waals surface area (Å²) >= 11 is 0. The molecular weight excluding hydrogens is 361 g/mol. The largest absolute Gasteiger partial charge is 0.379 e. The molecule has 0 spiro atoms. The molecule has 2 aromatic rings. The Balaban J connectivity index is 1.35. The van der Waals surface area contributed by atoms with Crippen LogP contribution in [-0.2, 0) is 16.0 Å². The fraction of sp³-hybridized carbons (Fsp3) is 0.500. The zero-order valence-electron chi connectivity index (χ0n) is 16.2. The molecule has 7 nitrogen and oxygen atoms in total. The summed E-state index contributed by atoms with van der Waals surface area (Å²) in [5.74, 6) is 0.391. The van der Waals surface area contributed by atoms with E-state index in [2.05, 4.69) is 20.6 Å². The third-order valence-electron chi connectivity index (χ3n) is 4.56. The van der Waals surface area contributed by atoms with E-state index in [1.165, 1.54) is 6.07 Å². The molecule has 28 heavy (non-hydrogen) atoms. The van der Waals surface area contributed by atoms with Crippen LogP contribution in [0.15, 0.2) is 41.9 Å². The van der Waals surface area contributed by atoms with Crippen LogP contribution in [0.5, 0.6) is 0 Å². The van der Waals surface area contributed by atoms with Gasteiger partial charge < -0.3 is 24.7 Å². The van der Waals surface area contributed by atoms with Crippen molar-refractivity contribution in [2.75, 3.05) is 33.4 Å². The first kappa shape index (κ1) is 20.3. The molecule has 152 valence electrons. The normalized spacial score (nSPS) is 17.1. The average Bonchev–Trinajstić information content (AvgIpc) is 3.41. The molecule has 0 aliphatic carbocycles. The summed E-state index contributed by atoms with van der Waals surface area (Å²) in [5, 5.41) is 6.43. The van der Waals surface area contributed by atoms with Gasteiger partial charge in [0.15, 0.2) is 5.96 Å². The lowest BCUT2D eigenvalue weighted by atomic mass is 10.2. The van der Waals surface area contributed by atoms with E-state index in [1.54, 1.807) is 36.4 Å². The van der Waals surface area contributed by atoms with Gasteiger partial charge in [0.2, 0.25) is 0 Å². The lowest BCUT2D eigenvalue weighted by molar-refractivity contribution is 0.0168. The van der Waals surface area contributed by atoms with Gasteiger partial charge in [0, 0.05) is 45.7 Å². The maximum absolute atomic E-state index is 14.3. The van der Waals surface area contributed by atoms with E-state index >= 15 is 0 Å². The zero-order chi connectivity index (χ0) is 19.6. The molecule has 1 aromatic carbocycles. The van der Waals surface area contributed by atoms with E-state index in [0.29, 0.717) is 31.4 Å². The minimum absolute atomic E-state index is 0.267. The van der Waals surface area contributed by atoms with Crippen molar-refractivity contribution in [3.8, 4) is 5.69 Å². The fourth-order valence-corrected chi connectivity index (χ4v) is 3.05. The van der Waals surface area contributed by atoms with Crippen molar-refractivity contribution in [3.63, 3.8) is 0 Å². The first-order chi connectivity index (χ1) is 13.8. The van der Waals surface area contributed by atoms with Gasteiger partial charge in [0.05, 0.1) is 24.7 Å². The minimum atomic E-state index is -0.288. The van der Waals surface area contributed by atoms with Gasteiger partial charge in [-0.25, -0.2) is 9.37 Å². The molecule has 1 fully saturated rings. The van der Waals surface area contributed by atoms with Gasteiger partial charge in [-0.1, -0.05) is 6.07 Å². The lowest BCUT2D eigenvalue weighted by Gasteiger charge is -2.13. The van der Waals surface area contributed by atoms with Gasteiger partial charge in [0.25, 0.3) is 0 Å². The molecular formula is C20H28FN5O2. The highest BCUT2D eigenvalue weighted by atomic mass is 19.1. The first-order valence-corrected chi connectivity index (χ1v) is 9.67. The predicted octanol–water partition coefficient (Wildman–Crippen LogP) is 2.26. The molecule has 1 aromatic heterocycles. The quantitative estimate of drug-likeness (QED) is 0.391. The van der Waals surface area contributed by atoms with E-state index in [0.717, 1.165) is 38.0 Å². The Bertz CT molecular complexity index is 745. The van der Waals surface area contributed by atoms with Crippen LogP contribution in [0, 0.1) is 5.82 Å². The van der Waals surface area contributed by atoms with Crippen molar-refractivity contribution in [1.82, 2.24) is 20.2 Å². The molecule has 1 saturated heterocycles. The molecule has 3 rings (SSSR count). The van der Waals surface area contributed by atoms with Crippen LogP contribution in [0.2, 0.25) is 0 Å². The second-order valence-electron chi connectivity index (χ2n) is 6.67. The number of aromatic nitrogens is 2. The maximum atomic E-state index is 14.3. The number of rotatable bonds is 9. The summed E-state index contributed by atoms with van der Waals surface area (Å²) in [6.07, 6.45) is 8.29. The number of hydrogen-bond donors (Lipinski definition) is 2. The summed E-state index contributed by atoms with van der Waals surface area (Å²) in [4.78, 5) is 8.14. The van der Waals surface area contributed by atoms with Crippen LogP contribution in [0.4, 0.5) is 4.39 Å². The van der Waals surface area contributed by atoms with Crippen molar-refractivity contribution >= 4 is 5.96 Å². The number of hydrogen-bond acceptors (Lipinski definition) is 4. The van der Waals surface area contributed by atoms with Gasteiger partial charge in [-0.3, -0.25) is 4.99 Å². The molecule has 1 unspecified atom stereocenters. The fourth-order valence-electron chi connectivity index (χ4n) is 3.05. The molecule has 1 aliphatic rings. The van der Waals surface area contributed by atoms with Crippen LogP contribution in [0.25, 0.3) is 5.69 Å². The van der Waals surface area contributed by atoms with Gasteiger partial charge in [0.1, 0.15) is 5.82 Å². The number of nitrogens with zero attached hydrogens (tertiary/aromatic N) is 3. The van der Waals surface area contributed by atoms with Gasteiger partial charge in [-0.2, -0.15) is 0 Å². The van der Waals surface area contributed by atoms with Crippen LogP contribution in [0.3, 0.4) is 0 Å². The number of aliphatic imine (C=N–C) groups is 1. The van der Waals surface area contributed by atoms with E-state index in [1.807, 2.05) is 6.07 Å². The van der Waals surface area contributed by atoms with Crippen LogP contribution >= 0.6 is 0 Å². The molecule has 2 N–H and O–H groups in total. The predicted molar refractivity (Wildman–Crippen MR) is 106 cm³/mol. The first-order valence-electron chi connectivity index (χ1n) is 9.67. The highest BCUT2D eigenvalue weighted by Crippen LogP contribution is 2.15. The van der Waals surface area contributed by atoms with Crippen molar-refractivity contribution in [2.45, 2.75) is 31.9 Å². The second-order valence-corrected chi connectivity index (χ2v) is 6.67. The molecule has 0 bridgehead atoms. The summed E-state index contributed by atoms with van der Waals surface area (Å²) in [6.45, 7) is 3.45. The van der Waals surface area contributed by atoms with Gasteiger partial charge in [-0.15, -0.1) is 0 Å². The monoisotopic (exact) mass is 389 g/mol. The topological polar surface area (TPSA) is 72.7 Å². The average molecular weight is 389 g/mol. The van der Waals surface area contributed by atoms with E-state index < -0.39 is 0 Å². The van der Waals surface area contributed by atoms with Crippen LogP contribution < -0.4 is 10.6 Å². The number of guanidine groups is 1.